The Bertz CT molecular complexity index is 474. The summed E-state index contributed by atoms with van der Waals surface area (Å²) in [5.74, 6) is -0.458. The number of hydrogen-bond acceptors (Lipinski definition) is 4. The molecule has 0 unspecified atom stereocenters. The molecule has 2 heterocycles. The lowest BCUT2D eigenvalue weighted by atomic mass is 9.80. The fourth-order valence-corrected chi connectivity index (χ4v) is 4.59. The topological polar surface area (TPSA) is 102 Å². The highest BCUT2D eigenvalue weighted by Gasteiger charge is 2.40. The fourth-order valence-electron chi connectivity index (χ4n) is 3.01. The molecule has 0 aromatic carbocycles. The van der Waals surface area contributed by atoms with E-state index in [2.05, 4.69) is 4.72 Å². The van der Waals surface area contributed by atoms with E-state index in [0.717, 1.165) is 19.3 Å². The van der Waals surface area contributed by atoms with Crippen LogP contribution < -0.4 is 10.5 Å². The molecule has 2 aliphatic rings. The van der Waals surface area contributed by atoms with Crippen LogP contribution in [0.25, 0.3) is 0 Å². The minimum atomic E-state index is -3.57. The van der Waals surface area contributed by atoms with Crippen LogP contribution in [0.15, 0.2) is 0 Å². The van der Waals surface area contributed by atoms with E-state index in [-0.39, 0.29) is 12.6 Å². The Balaban J connectivity index is 2.04. The lowest BCUT2D eigenvalue weighted by Crippen LogP contribution is -2.54. The maximum atomic E-state index is 12.4. The number of nitrogens with two attached hydrogens (primary N) is 1. The second-order valence-electron chi connectivity index (χ2n) is 6.04. The van der Waals surface area contributed by atoms with E-state index in [1.54, 1.807) is 0 Å². The highest BCUT2D eigenvalue weighted by atomic mass is 32.2. The highest BCUT2D eigenvalue weighted by molar-refractivity contribution is 7.87. The third-order valence-corrected chi connectivity index (χ3v) is 6.29. The molecule has 122 valence electrons. The molecule has 0 aliphatic carbocycles. The lowest BCUT2D eigenvalue weighted by molar-refractivity contribution is -0.132. The molecule has 1 amide bonds. The summed E-state index contributed by atoms with van der Waals surface area (Å²) in [7, 11) is -3.57. The molecule has 2 aliphatic heterocycles. The Morgan fingerprint density at radius 1 is 1.38 bits per heavy atom. The van der Waals surface area contributed by atoms with Gasteiger partial charge in [-0.15, -0.1) is 0 Å². The predicted molar refractivity (Wildman–Crippen MR) is 78.6 cm³/mol. The number of amides is 1. The summed E-state index contributed by atoms with van der Waals surface area (Å²) in [6.45, 7) is 3.37. The molecule has 0 aromatic rings. The standard InChI is InChI=1S/C13H25N3O4S/c1-11-4-2-3-7-16(11)21(18,19)15-10-13(12(14)17)5-8-20-9-6-13/h11,15H,2-10H2,1H3,(H2,14,17)/t11-/m1/s1. The molecule has 7 nitrogen and oxygen atoms in total. The van der Waals surface area contributed by atoms with Gasteiger partial charge in [-0.2, -0.15) is 12.7 Å². The first-order valence-electron chi connectivity index (χ1n) is 7.51. The van der Waals surface area contributed by atoms with E-state index in [4.69, 9.17) is 10.5 Å². The SMILES string of the molecule is C[C@@H]1CCCCN1S(=O)(=O)NCC1(C(N)=O)CCOCC1. The molecular formula is C13H25N3O4S. The number of carbonyl (C=O) groups excluding carboxylic acids is 1. The molecule has 0 spiro atoms. The van der Waals surface area contributed by atoms with Crippen LogP contribution in [-0.2, 0) is 19.7 Å². The molecule has 1 atom stereocenters. The van der Waals surface area contributed by atoms with Crippen molar-refractivity contribution < 1.29 is 17.9 Å². The summed E-state index contributed by atoms with van der Waals surface area (Å²) in [5, 5.41) is 0. The van der Waals surface area contributed by atoms with Gasteiger partial charge in [0, 0.05) is 32.3 Å². The van der Waals surface area contributed by atoms with Crippen molar-refractivity contribution in [1.29, 1.82) is 0 Å². The quantitative estimate of drug-likeness (QED) is 0.743. The van der Waals surface area contributed by atoms with Crippen LogP contribution in [0.1, 0.15) is 39.0 Å². The summed E-state index contributed by atoms with van der Waals surface area (Å²) in [5.41, 5.74) is 4.67. The molecule has 0 radical (unpaired) electrons. The van der Waals surface area contributed by atoms with E-state index in [1.807, 2.05) is 6.92 Å². The largest absolute Gasteiger partial charge is 0.381 e. The van der Waals surface area contributed by atoms with Gasteiger partial charge >= 0.3 is 0 Å². The van der Waals surface area contributed by atoms with Crippen LogP contribution in [0, 0.1) is 5.41 Å². The molecule has 2 fully saturated rings. The number of nitrogens with zero attached hydrogens (tertiary/aromatic N) is 1. The predicted octanol–water partition coefficient (Wildman–Crippen LogP) is -0.0227. The zero-order chi connectivity index (χ0) is 15.5. The number of piperidine rings is 1. The first kappa shape index (κ1) is 16.7. The van der Waals surface area contributed by atoms with E-state index in [0.29, 0.717) is 32.6 Å². The monoisotopic (exact) mass is 319 g/mol. The van der Waals surface area contributed by atoms with Crippen molar-refractivity contribution in [3.8, 4) is 0 Å². The zero-order valence-electron chi connectivity index (χ0n) is 12.5. The third-order valence-electron chi connectivity index (χ3n) is 4.62. The fraction of sp³-hybridized carbons (Fsp3) is 0.923. The molecule has 0 saturated carbocycles. The maximum absolute atomic E-state index is 12.4. The molecule has 2 rings (SSSR count). The third kappa shape index (κ3) is 3.74. The average Bonchev–Trinajstić information content (AvgIpc) is 2.46. The van der Waals surface area contributed by atoms with Crippen LogP contribution in [0.3, 0.4) is 0 Å². The van der Waals surface area contributed by atoms with Crippen molar-refractivity contribution in [2.75, 3.05) is 26.3 Å². The second-order valence-corrected chi connectivity index (χ2v) is 7.75. The van der Waals surface area contributed by atoms with Gasteiger partial charge in [-0.3, -0.25) is 4.79 Å². The Kier molecular flexibility index (Phi) is 5.24. The van der Waals surface area contributed by atoms with Crippen LogP contribution in [0.2, 0.25) is 0 Å². The zero-order valence-corrected chi connectivity index (χ0v) is 13.3. The van der Waals surface area contributed by atoms with Crippen LogP contribution >= 0.6 is 0 Å². The van der Waals surface area contributed by atoms with E-state index in [1.165, 1.54) is 4.31 Å². The Morgan fingerprint density at radius 3 is 2.62 bits per heavy atom. The Hall–Kier alpha value is -0.700. The van der Waals surface area contributed by atoms with Gasteiger partial charge in [0.2, 0.25) is 5.91 Å². The number of primary amides is 1. The van der Waals surface area contributed by atoms with Crippen molar-refractivity contribution in [3.63, 3.8) is 0 Å². The summed E-state index contributed by atoms with van der Waals surface area (Å²) in [4.78, 5) is 11.8. The van der Waals surface area contributed by atoms with E-state index >= 15 is 0 Å². The van der Waals surface area contributed by atoms with Crippen molar-refractivity contribution >= 4 is 16.1 Å². The van der Waals surface area contributed by atoms with Gasteiger partial charge in [0.15, 0.2) is 0 Å². The van der Waals surface area contributed by atoms with Gasteiger partial charge in [0.05, 0.1) is 5.41 Å². The van der Waals surface area contributed by atoms with Gasteiger partial charge in [-0.25, -0.2) is 4.72 Å². The van der Waals surface area contributed by atoms with Gasteiger partial charge < -0.3 is 10.5 Å². The van der Waals surface area contributed by atoms with Crippen molar-refractivity contribution in [2.24, 2.45) is 11.1 Å². The molecule has 0 bridgehead atoms. The molecule has 21 heavy (non-hydrogen) atoms. The summed E-state index contributed by atoms with van der Waals surface area (Å²) < 4.78 is 34.2. The summed E-state index contributed by atoms with van der Waals surface area (Å²) in [6.07, 6.45) is 3.71. The number of nitrogens with one attached hydrogen (secondary N) is 1. The van der Waals surface area contributed by atoms with Gasteiger partial charge in [0.1, 0.15) is 0 Å². The van der Waals surface area contributed by atoms with Gasteiger partial charge in [0.25, 0.3) is 10.2 Å². The number of rotatable bonds is 5. The molecule has 2 saturated heterocycles. The smallest absolute Gasteiger partial charge is 0.279 e. The van der Waals surface area contributed by atoms with E-state index in [9.17, 15) is 13.2 Å². The Morgan fingerprint density at radius 2 is 2.05 bits per heavy atom. The van der Waals surface area contributed by atoms with E-state index < -0.39 is 21.5 Å². The van der Waals surface area contributed by atoms with Crippen LogP contribution in [0.5, 0.6) is 0 Å². The lowest BCUT2D eigenvalue weighted by Gasteiger charge is -2.36. The normalized spacial score (nSPS) is 27.4. The molecule has 3 N–H and O–H groups in total. The van der Waals surface area contributed by atoms with Crippen LogP contribution in [0.4, 0.5) is 0 Å². The first-order chi connectivity index (χ1) is 9.87. The first-order valence-corrected chi connectivity index (χ1v) is 8.95. The minimum Gasteiger partial charge on any atom is -0.381 e. The molecule has 8 heteroatoms. The number of ether oxygens (including phenoxy) is 1. The van der Waals surface area contributed by atoms with Crippen molar-refractivity contribution in [3.05, 3.63) is 0 Å². The van der Waals surface area contributed by atoms with Gasteiger partial charge in [-0.05, 0) is 32.6 Å². The maximum Gasteiger partial charge on any atom is 0.279 e. The second kappa shape index (κ2) is 6.60. The highest BCUT2D eigenvalue weighted by Crippen LogP contribution is 2.30. The van der Waals surface area contributed by atoms with Crippen molar-refractivity contribution in [1.82, 2.24) is 9.03 Å². The summed E-state index contributed by atoms with van der Waals surface area (Å²) in [6, 6.07) is -0.00420. The number of carbonyl (C=O) groups is 1. The van der Waals surface area contributed by atoms with Crippen molar-refractivity contribution in [2.45, 2.75) is 45.1 Å². The molecule has 0 aromatic heterocycles. The number of hydrogen-bond donors (Lipinski definition) is 2. The summed E-state index contributed by atoms with van der Waals surface area (Å²) >= 11 is 0. The average molecular weight is 319 g/mol. The Labute approximate surface area is 126 Å². The minimum absolute atomic E-state index is 0.00420. The molecular weight excluding hydrogens is 294 g/mol. The van der Waals surface area contributed by atoms with Gasteiger partial charge in [-0.1, -0.05) is 6.42 Å². The van der Waals surface area contributed by atoms with Crippen LogP contribution in [-0.4, -0.2) is 51.0 Å².